The lowest BCUT2D eigenvalue weighted by molar-refractivity contribution is -0.161. The Morgan fingerprint density at radius 2 is 1.13 bits per heavy atom. The second-order valence-electron chi connectivity index (χ2n) is 12.7. The summed E-state index contributed by atoms with van der Waals surface area (Å²) in [6.45, 7) is 3.33. The van der Waals surface area contributed by atoms with E-state index in [1.165, 1.54) is 38.5 Å². The van der Waals surface area contributed by atoms with Gasteiger partial charge >= 0.3 is 19.8 Å². The Morgan fingerprint density at radius 1 is 0.604 bits per heavy atom. The summed E-state index contributed by atoms with van der Waals surface area (Å²) in [5, 5.41) is 10.2. The van der Waals surface area contributed by atoms with E-state index in [1.807, 2.05) is 24.3 Å². The van der Waals surface area contributed by atoms with E-state index in [4.69, 9.17) is 19.3 Å². The van der Waals surface area contributed by atoms with Crippen molar-refractivity contribution in [2.45, 2.75) is 148 Å². The van der Waals surface area contributed by atoms with Gasteiger partial charge in [-0.1, -0.05) is 143 Å². The van der Waals surface area contributed by atoms with Crippen LogP contribution in [-0.4, -0.2) is 52.3 Å². The van der Waals surface area contributed by atoms with E-state index < -0.39 is 45.2 Å². The molecule has 10 heteroatoms. The molecule has 0 aliphatic rings. The minimum atomic E-state index is -4.82. The van der Waals surface area contributed by atoms with E-state index in [9.17, 15) is 19.3 Å². The van der Waals surface area contributed by atoms with Crippen LogP contribution in [0.5, 0.6) is 0 Å². The molecule has 2 atom stereocenters. The average molecular weight is 761 g/mol. The number of phosphoric acid groups is 1. The number of hydrogen-bond donors (Lipinski definition) is 3. The van der Waals surface area contributed by atoms with Crippen molar-refractivity contribution in [1.82, 2.24) is 0 Å². The first-order valence-electron chi connectivity index (χ1n) is 19.6. The van der Waals surface area contributed by atoms with Gasteiger partial charge in [0.05, 0.1) is 12.7 Å². The molecule has 1 unspecified atom stereocenters. The lowest BCUT2D eigenvalue weighted by Crippen LogP contribution is -2.29. The number of carbonyl (C=O) groups excluding carboxylic acids is 2. The summed E-state index contributed by atoms with van der Waals surface area (Å²) in [7, 11) is -4.82. The molecule has 9 nitrogen and oxygen atoms in total. The zero-order valence-corrected chi connectivity index (χ0v) is 33.4. The minimum absolute atomic E-state index is 0.0202. The predicted octanol–water partition coefficient (Wildman–Crippen LogP) is 10.8. The van der Waals surface area contributed by atoms with Crippen molar-refractivity contribution in [3.63, 3.8) is 0 Å². The van der Waals surface area contributed by atoms with Crippen LogP contribution in [0.2, 0.25) is 0 Å². The summed E-state index contributed by atoms with van der Waals surface area (Å²) in [6.07, 6.45) is 47.4. The summed E-state index contributed by atoms with van der Waals surface area (Å²) in [5.74, 6) is -1.16. The molecule has 0 spiro atoms. The zero-order chi connectivity index (χ0) is 39.1. The third-order valence-electron chi connectivity index (χ3n) is 7.69. The quantitative estimate of drug-likeness (QED) is 0.0192. The highest BCUT2D eigenvalue weighted by atomic mass is 31.2. The molecule has 300 valence electrons. The van der Waals surface area contributed by atoms with E-state index in [0.717, 1.165) is 44.9 Å². The molecule has 0 aromatic rings. The molecular formula is C43H69O9P. The van der Waals surface area contributed by atoms with Crippen molar-refractivity contribution in [2.75, 3.05) is 13.2 Å². The van der Waals surface area contributed by atoms with Gasteiger partial charge in [-0.15, -0.1) is 0 Å². The second-order valence-corrected chi connectivity index (χ2v) is 14.0. The Kier molecular flexibility index (Phi) is 35.1. The van der Waals surface area contributed by atoms with Gasteiger partial charge in [0.2, 0.25) is 0 Å². The third-order valence-corrected chi connectivity index (χ3v) is 8.18. The largest absolute Gasteiger partial charge is 0.469 e. The molecule has 0 aliphatic carbocycles. The van der Waals surface area contributed by atoms with Crippen molar-refractivity contribution in [3.8, 4) is 0 Å². The molecule has 0 aromatic heterocycles. The average Bonchev–Trinajstić information content (AvgIpc) is 3.12. The van der Waals surface area contributed by atoms with Crippen LogP contribution in [-0.2, 0) is 28.2 Å². The fraction of sp³-hybridized carbons (Fsp3) is 0.581. The predicted molar refractivity (Wildman–Crippen MR) is 217 cm³/mol. The number of unbranched alkanes of at least 4 members (excludes halogenated alkanes) is 7. The zero-order valence-electron chi connectivity index (χ0n) is 32.5. The van der Waals surface area contributed by atoms with Crippen LogP contribution in [0.1, 0.15) is 136 Å². The molecule has 0 rings (SSSR count). The SMILES string of the molecule is CC/C=C\C/C=C\C/C=C\C/C=C\C=C\C(O)CCCC(=O)OC[C@H](COP(=O)(O)O)OC(=O)CCC/C=C\C/C=C\C/C=C\CCCCCCCC. The Balaban J connectivity index is 4.27. The van der Waals surface area contributed by atoms with Gasteiger partial charge in [-0.2, -0.15) is 0 Å². The molecular weight excluding hydrogens is 691 g/mol. The summed E-state index contributed by atoms with van der Waals surface area (Å²) in [6, 6.07) is 0. The maximum atomic E-state index is 12.4. The molecule has 0 saturated carbocycles. The Labute approximate surface area is 320 Å². The third kappa shape index (κ3) is 40.0. The maximum Gasteiger partial charge on any atom is 0.469 e. The Bertz CT molecular complexity index is 1190. The fourth-order valence-corrected chi connectivity index (χ4v) is 5.13. The number of carbonyl (C=O) groups is 2. The monoisotopic (exact) mass is 760 g/mol. The van der Waals surface area contributed by atoms with Gasteiger partial charge < -0.3 is 24.4 Å². The highest BCUT2D eigenvalue weighted by Gasteiger charge is 2.22. The molecule has 0 aliphatic heterocycles. The van der Waals surface area contributed by atoms with Crippen molar-refractivity contribution in [3.05, 3.63) is 97.2 Å². The molecule has 0 fully saturated rings. The lowest BCUT2D eigenvalue weighted by Gasteiger charge is -2.18. The number of phosphoric ester groups is 1. The number of rotatable bonds is 34. The van der Waals surface area contributed by atoms with Crippen LogP contribution in [0.25, 0.3) is 0 Å². The molecule has 3 N–H and O–H groups in total. The van der Waals surface area contributed by atoms with Crippen LogP contribution in [0.15, 0.2) is 97.2 Å². The number of aliphatic hydroxyl groups is 1. The Morgan fingerprint density at radius 3 is 1.74 bits per heavy atom. The molecule has 53 heavy (non-hydrogen) atoms. The highest BCUT2D eigenvalue weighted by molar-refractivity contribution is 7.46. The molecule has 0 radical (unpaired) electrons. The first-order chi connectivity index (χ1) is 25.7. The van der Waals surface area contributed by atoms with E-state index in [1.54, 1.807) is 12.2 Å². The molecule has 0 bridgehead atoms. The van der Waals surface area contributed by atoms with Crippen LogP contribution in [0, 0.1) is 0 Å². The van der Waals surface area contributed by atoms with Gasteiger partial charge in [-0.3, -0.25) is 14.1 Å². The summed E-state index contributed by atoms with van der Waals surface area (Å²) in [5.41, 5.74) is 0. The number of aliphatic hydroxyl groups excluding tert-OH is 1. The topological polar surface area (TPSA) is 140 Å². The van der Waals surface area contributed by atoms with Crippen molar-refractivity contribution in [1.29, 1.82) is 0 Å². The van der Waals surface area contributed by atoms with E-state index >= 15 is 0 Å². The Hall–Kier alpha value is -3.07. The number of allylic oxidation sites excluding steroid dienone is 15. The standard InChI is InChI=1S/C43H69O9P/c1-3-5-7-9-11-13-15-17-18-19-20-22-24-26-28-30-32-36-43(46)52-41(39-51-53(47,48)49)38-50-42(45)37-33-35-40(44)34-31-29-27-25-23-21-16-14-12-10-8-6-4-2/h6,8,12,14,17-18,20-23,26-29,31,34,40-41,44H,3-5,7,9-11,13,15-16,19,24-25,30,32-33,35-39H2,1-2H3,(H2,47,48,49)/b8-6-,14-12-,18-17-,22-20-,23-21-,28-26-,29-27-,34-31+/t40?,41-/m1/s1. The smallest absolute Gasteiger partial charge is 0.462 e. The van der Waals surface area contributed by atoms with E-state index in [0.29, 0.717) is 25.7 Å². The minimum Gasteiger partial charge on any atom is -0.462 e. The maximum absolute atomic E-state index is 12.4. The lowest BCUT2D eigenvalue weighted by atomic mass is 10.1. The molecule has 0 heterocycles. The first kappa shape index (κ1) is 49.9. The van der Waals surface area contributed by atoms with Crippen molar-refractivity contribution >= 4 is 19.8 Å². The van der Waals surface area contributed by atoms with Crippen LogP contribution < -0.4 is 0 Å². The number of esters is 2. The number of ether oxygens (including phenoxy) is 2. The van der Waals surface area contributed by atoms with Gasteiger partial charge in [-0.05, 0) is 77.0 Å². The van der Waals surface area contributed by atoms with Gasteiger partial charge in [0, 0.05) is 12.8 Å². The second kappa shape index (κ2) is 37.3. The summed E-state index contributed by atoms with van der Waals surface area (Å²) >= 11 is 0. The highest BCUT2D eigenvalue weighted by Crippen LogP contribution is 2.35. The summed E-state index contributed by atoms with van der Waals surface area (Å²) in [4.78, 5) is 42.8. The van der Waals surface area contributed by atoms with Gasteiger partial charge in [0.15, 0.2) is 6.10 Å². The molecule has 0 aromatic carbocycles. The van der Waals surface area contributed by atoms with E-state index in [-0.39, 0.29) is 12.8 Å². The summed E-state index contributed by atoms with van der Waals surface area (Å²) < 4.78 is 26.2. The van der Waals surface area contributed by atoms with Crippen LogP contribution in [0.3, 0.4) is 0 Å². The number of hydrogen-bond acceptors (Lipinski definition) is 7. The van der Waals surface area contributed by atoms with Gasteiger partial charge in [-0.25, -0.2) is 4.57 Å². The molecule has 0 amide bonds. The van der Waals surface area contributed by atoms with Crippen LogP contribution in [0.4, 0.5) is 0 Å². The normalized spacial score (nSPS) is 14.1. The fourth-order valence-electron chi connectivity index (χ4n) is 4.77. The van der Waals surface area contributed by atoms with Crippen molar-refractivity contribution < 1.29 is 43.0 Å². The first-order valence-corrected chi connectivity index (χ1v) is 21.2. The molecule has 0 saturated heterocycles. The van der Waals surface area contributed by atoms with Gasteiger partial charge in [0.25, 0.3) is 0 Å². The van der Waals surface area contributed by atoms with Gasteiger partial charge in [0.1, 0.15) is 6.61 Å². The van der Waals surface area contributed by atoms with Crippen molar-refractivity contribution in [2.24, 2.45) is 0 Å². The van der Waals surface area contributed by atoms with E-state index in [2.05, 4.69) is 79.1 Å². The van der Waals surface area contributed by atoms with Crippen LogP contribution >= 0.6 is 7.82 Å².